The predicted molar refractivity (Wildman–Crippen MR) is 346 cm³/mol. The number of methoxy groups -OCH3 is 1. The molecular weight excluding hydrogens is 1220 g/mol. The third-order valence-corrected chi connectivity index (χ3v) is 15.8. The minimum atomic E-state index is -2.71. The van der Waals surface area contributed by atoms with Crippen LogP contribution in [0.15, 0.2) is 30.3 Å². The third kappa shape index (κ3) is 49.4. The molecular formula is C64H122F9N11O8. The highest BCUT2D eigenvalue weighted by Crippen LogP contribution is 2.25. The Morgan fingerprint density at radius 1 is 0.435 bits per heavy atom. The molecule has 544 valence electrons. The Kier molecular flexibility index (Phi) is 48.5. The minimum absolute atomic E-state index is 0.0556. The molecule has 8 atom stereocenters. The van der Waals surface area contributed by atoms with Gasteiger partial charge in [0.25, 0.3) is 23.7 Å². The number of hydrogen-bond donors (Lipinski definition) is 16. The summed E-state index contributed by atoms with van der Waals surface area (Å²) < 4.78 is 125. The van der Waals surface area contributed by atoms with Gasteiger partial charge in [-0.2, -0.15) is 0 Å². The number of alkyl halides is 9. The number of halogens is 9. The van der Waals surface area contributed by atoms with Gasteiger partial charge in [-0.3, -0.25) is 0 Å². The molecule has 0 aliphatic carbocycles. The molecule has 0 bridgehead atoms. The van der Waals surface area contributed by atoms with Crippen LogP contribution in [-0.4, -0.2) is 269 Å². The lowest BCUT2D eigenvalue weighted by molar-refractivity contribution is -0.0639. The van der Waals surface area contributed by atoms with Crippen molar-refractivity contribution < 1.29 is 79.3 Å². The van der Waals surface area contributed by atoms with E-state index in [1.807, 2.05) is 18.2 Å². The molecule has 11 aliphatic rings. The maximum absolute atomic E-state index is 12.2. The SMILES string of the molecule is C1CCNCC1.C1COCCN1.CCOC1CCCNC1.COC1CCCNC1.FC1(F)CCCNC1.FC1CCCNC1.OC1(Cc2ccccc2)CCCNC1.OC1CCCNC1.OC1CNCC(F)(F)C1.O[C@@H]1CNCC(F)(F)C1.O[C@H]1CNCC(F)(F)C1. The number of aliphatic hydroxyl groups excluding tert-OH is 4. The summed E-state index contributed by atoms with van der Waals surface area (Å²) in [6.07, 6.45) is 12.9. The fourth-order valence-corrected chi connectivity index (χ4v) is 10.8. The summed E-state index contributed by atoms with van der Waals surface area (Å²) in [5, 5.41) is 77.4. The van der Waals surface area contributed by atoms with Gasteiger partial charge < -0.3 is 98.2 Å². The molecule has 16 N–H and O–H groups in total. The van der Waals surface area contributed by atoms with Gasteiger partial charge in [-0.05, 0) is 148 Å². The number of hydrogen-bond acceptors (Lipinski definition) is 19. The second kappa shape index (κ2) is 52.0. The van der Waals surface area contributed by atoms with Crippen LogP contribution in [0.2, 0.25) is 0 Å². The number of piperidine rings is 10. The third-order valence-electron chi connectivity index (χ3n) is 15.8. The second-order valence-corrected chi connectivity index (χ2v) is 25.1. The first-order chi connectivity index (χ1) is 43.9. The number of rotatable bonds is 5. The first-order valence-electron chi connectivity index (χ1n) is 34.1. The van der Waals surface area contributed by atoms with Crippen LogP contribution < -0.4 is 58.5 Å². The van der Waals surface area contributed by atoms with E-state index in [1.54, 1.807) is 7.11 Å². The smallest absolute Gasteiger partial charge is 0.262 e. The molecule has 11 fully saturated rings. The highest BCUT2D eigenvalue weighted by Gasteiger charge is 2.37. The normalized spacial score (nSPS) is 30.2. The molecule has 0 amide bonds. The van der Waals surface area contributed by atoms with E-state index in [-0.39, 0.29) is 58.3 Å². The standard InChI is InChI=1S/C12H17NO.C7H15NO.C6H13NO.3C5H9F2NO.C5H9F2N.C5H10FN.C5H11NO.C5H11N.C4H9NO/c14-12(7-4-8-13-10-12)9-11-5-2-1-3-6-11;1-2-9-7-4-3-5-8-6-7;1-8-6-3-2-4-7-5-6;3*6-5(7)1-4(9)2-8-3-5;6-5(7)2-1-3-8-4-5;6-5-2-1-3-7-4-5;7-5-2-1-3-6-4-5;1-2-4-6-5-3-1;1-3-6-4-2-5-1/h1-3,5-6,13-14H,4,7-10H2;7-8H,2-6H2,1H3;6-7H,2-5H2,1H3;3*4,8-9H,1-3H2;8H,1-4H2;5,7H,1-4H2;5-7H,1-4H2;6H,1-5H2;5H,1-4H2/t;;;2*4-;;;;;;/m...10....../s1. The summed E-state index contributed by atoms with van der Waals surface area (Å²) >= 11 is 0. The molecule has 6 unspecified atom stereocenters. The van der Waals surface area contributed by atoms with E-state index in [0.717, 1.165) is 130 Å². The molecule has 11 heterocycles. The fourth-order valence-electron chi connectivity index (χ4n) is 10.8. The monoisotopic (exact) mass is 1340 g/mol. The van der Waals surface area contributed by atoms with E-state index in [2.05, 4.69) is 77.5 Å². The summed E-state index contributed by atoms with van der Waals surface area (Å²) in [7, 11) is 1.78. The molecule has 19 nitrogen and oxygen atoms in total. The van der Waals surface area contributed by atoms with Crippen LogP contribution in [0.1, 0.15) is 128 Å². The Hall–Kier alpha value is -2.17. The van der Waals surface area contributed by atoms with Crippen molar-refractivity contribution in [3.63, 3.8) is 0 Å². The van der Waals surface area contributed by atoms with Gasteiger partial charge >= 0.3 is 0 Å². The Bertz CT molecular complexity index is 1710. The number of morpholine rings is 1. The maximum atomic E-state index is 12.2. The zero-order chi connectivity index (χ0) is 67.7. The molecule has 11 aliphatic heterocycles. The van der Waals surface area contributed by atoms with E-state index in [4.69, 9.17) is 34.6 Å². The number of ether oxygens (including phenoxy) is 3. The van der Waals surface area contributed by atoms with Crippen molar-refractivity contribution in [2.75, 3.05) is 171 Å². The van der Waals surface area contributed by atoms with E-state index in [0.29, 0.717) is 25.2 Å². The van der Waals surface area contributed by atoms with Gasteiger partial charge in [0.15, 0.2) is 0 Å². The quantitative estimate of drug-likeness (QED) is 0.184. The molecule has 0 aromatic heterocycles. The molecule has 12 rings (SSSR count). The van der Waals surface area contributed by atoms with Crippen LogP contribution in [0, 0.1) is 0 Å². The minimum Gasteiger partial charge on any atom is -0.392 e. The lowest BCUT2D eigenvalue weighted by Gasteiger charge is -2.32. The average molecular weight is 1340 g/mol. The van der Waals surface area contributed by atoms with Crippen molar-refractivity contribution in [3.8, 4) is 0 Å². The van der Waals surface area contributed by atoms with Crippen molar-refractivity contribution in [1.82, 2.24) is 58.5 Å². The van der Waals surface area contributed by atoms with Crippen molar-refractivity contribution in [2.45, 2.75) is 201 Å². The van der Waals surface area contributed by atoms with Crippen LogP contribution in [0.5, 0.6) is 0 Å². The fraction of sp³-hybridized carbons (Fsp3) is 0.906. The van der Waals surface area contributed by atoms with E-state index < -0.39 is 73.0 Å². The molecule has 28 heteroatoms. The molecule has 1 aromatic carbocycles. The van der Waals surface area contributed by atoms with Crippen molar-refractivity contribution in [3.05, 3.63) is 35.9 Å². The first-order valence-corrected chi connectivity index (χ1v) is 34.1. The number of nitrogens with one attached hydrogen (secondary N) is 11. The van der Waals surface area contributed by atoms with E-state index >= 15 is 0 Å². The van der Waals surface area contributed by atoms with Gasteiger partial charge in [-0.15, -0.1) is 0 Å². The first kappa shape index (κ1) is 85.9. The average Bonchev–Trinajstić information content (AvgIpc) is 1.37. The summed E-state index contributed by atoms with van der Waals surface area (Å²) in [4.78, 5) is 0. The van der Waals surface area contributed by atoms with Gasteiger partial charge in [-0.25, -0.2) is 39.5 Å². The number of β-amino-alcohol motifs (C(OH)–C–C–N with tert-alkyl or cyclic N) is 5. The van der Waals surface area contributed by atoms with Crippen LogP contribution in [-0.2, 0) is 20.6 Å². The molecule has 11 saturated heterocycles. The molecule has 92 heavy (non-hydrogen) atoms. The molecule has 0 radical (unpaired) electrons. The van der Waals surface area contributed by atoms with Gasteiger partial charge in [0.2, 0.25) is 0 Å². The molecule has 0 saturated carbocycles. The molecule has 1 aromatic rings. The summed E-state index contributed by atoms with van der Waals surface area (Å²) in [6.45, 7) is 19.4. The molecule has 0 spiro atoms. The van der Waals surface area contributed by atoms with Crippen molar-refractivity contribution >= 4 is 0 Å². The zero-order valence-corrected chi connectivity index (χ0v) is 55.4. The zero-order valence-electron chi connectivity index (χ0n) is 55.4. The summed E-state index contributed by atoms with van der Waals surface area (Å²) in [5.74, 6) is -10.6. The van der Waals surface area contributed by atoms with Gasteiger partial charge in [0, 0.05) is 111 Å². The van der Waals surface area contributed by atoms with Gasteiger partial charge in [-0.1, -0.05) is 36.8 Å². The van der Waals surface area contributed by atoms with Crippen LogP contribution in [0.25, 0.3) is 0 Å². The van der Waals surface area contributed by atoms with Gasteiger partial charge in [0.1, 0.15) is 6.17 Å². The Balaban J connectivity index is 0.000000347. The largest absolute Gasteiger partial charge is 0.392 e. The highest BCUT2D eigenvalue weighted by molar-refractivity contribution is 5.17. The Morgan fingerprint density at radius 2 is 0.859 bits per heavy atom. The number of benzene rings is 1. The Morgan fingerprint density at radius 3 is 1.11 bits per heavy atom. The summed E-state index contributed by atoms with van der Waals surface area (Å²) in [6, 6.07) is 10.2. The topological polar surface area (TPSA) is 261 Å². The van der Waals surface area contributed by atoms with Crippen molar-refractivity contribution in [2.24, 2.45) is 0 Å². The maximum Gasteiger partial charge on any atom is 0.262 e. The highest BCUT2D eigenvalue weighted by atomic mass is 19.3. The second-order valence-electron chi connectivity index (χ2n) is 25.1. The van der Waals surface area contributed by atoms with Crippen LogP contribution >= 0.6 is 0 Å². The summed E-state index contributed by atoms with van der Waals surface area (Å²) in [5.41, 5.74) is 0.693. The number of aliphatic hydroxyl groups is 5. The predicted octanol–water partition coefficient (Wildman–Crippen LogP) is 4.24. The van der Waals surface area contributed by atoms with E-state index in [1.165, 1.54) is 76.7 Å². The lowest BCUT2D eigenvalue weighted by Crippen LogP contribution is -2.47. The Labute approximate surface area is 543 Å². The van der Waals surface area contributed by atoms with E-state index in [9.17, 15) is 44.6 Å². The van der Waals surface area contributed by atoms with Crippen LogP contribution in [0.3, 0.4) is 0 Å². The van der Waals surface area contributed by atoms with Gasteiger partial charge in [0.05, 0.1) is 81.6 Å². The lowest BCUT2D eigenvalue weighted by atomic mass is 9.88. The van der Waals surface area contributed by atoms with Crippen molar-refractivity contribution in [1.29, 1.82) is 0 Å². The van der Waals surface area contributed by atoms with Crippen LogP contribution in [0.4, 0.5) is 39.5 Å².